The zero-order valence-electron chi connectivity index (χ0n) is 15.9. The number of carbonyl (C=O) groups is 2. The van der Waals surface area contributed by atoms with Gasteiger partial charge in [-0.15, -0.1) is 0 Å². The van der Waals surface area contributed by atoms with Gasteiger partial charge in [-0.1, -0.05) is 37.3 Å². The summed E-state index contributed by atoms with van der Waals surface area (Å²) in [5, 5.41) is 9.87. The molecule has 1 aromatic carbocycles. The molecule has 1 amide bonds. The van der Waals surface area contributed by atoms with Crippen LogP contribution < -0.4 is 5.32 Å². The first kappa shape index (κ1) is 19.1. The fourth-order valence-corrected chi connectivity index (χ4v) is 3.58. The lowest BCUT2D eigenvalue weighted by Gasteiger charge is -2.28. The summed E-state index contributed by atoms with van der Waals surface area (Å²) in [5.74, 6) is -0.326. The Morgan fingerprint density at radius 2 is 1.93 bits per heavy atom. The molecule has 0 radical (unpaired) electrons. The summed E-state index contributed by atoms with van der Waals surface area (Å²) in [4.78, 5) is 24.9. The van der Waals surface area contributed by atoms with Gasteiger partial charge < -0.3 is 10.1 Å². The third kappa shape index (κ3) is 4.76. The van der Waals surface area contributed by atoms with Crippen LogP contribution in [0, 0.1) is 5.92 Å². The smallest absolute Gasteiger partial charge is 0.309 e. The summed E-state index contributed by atoms with van der Waals surface area (Å²) in [6.45, 7) is 3.88. The molecule has 0 aliphatic heterocycles. The molecule has 1 aliphatic rings. The molecule has 0 bridgehead atoms. The number of nitrogens with one attached hydrogen (secondary N) is 2. The summed E-state index contributed by atoms with van der Waals surface area (Å²) in [6, 6.07) is 9.85. The second-order valence-corrected chi connectivity index (χ2v) is 7.13. The minimum Gasteiger partial charge on any atom is -0.458 e. The van der Waals surface area contributed by atoms with Crippen LogP contribution in [0.4, 0.5) is 0 Å². The van der Waals surface area contributed by atoms with Gasteiger partial charge in [-0.25, -0.2) is 0 Å². The van der Waals surface area contributed by atoms with Gasteiger partial charge in [0.05, 0.1) is 17.7 Å². The van der Waals surface area contributed by atoms with Crippen molar-refractivity contribution in [1.29, 1.82) is 0 Å². The normalized spacial score (nSPS) is 20.7. The third-order valence-corrected chi connectivity index (χ3v) is 5.27. The highest BCUT2D eigenvalue weighted by atomic mass is 16.5. The van der Waals surface area contributed by atoms with E-state index in [1.807, 2.05) is 44.2 Å². The average molecular weight is 369 g/mol. The van der Waals surface area contributed by atoms with E-state index in [0.717, 1.165) is 43.4 Å². The summed E-state index contributed by atoms with van der Waals surface area (Å²) in [6.07, 6.45) is 5.09. The van der Waals surface area contributed by atoms with Gasteiger partial charge in [-0.2, -0.15) is 5.10 Å². The number of hydrogen-bond donors (Lipinski definition) is 2. The van der Waals surface area contributed by atoms with Crippen molar-refractivity contribution in [3.05, 3.63) is 53.3 Å². The molecule has 3 rings (SSSR count). The van der Waals surface area contributed by atoms with Crippen LogP contribution in [0.5, 0.6) is 0 Å². The molecule has 1 heterocycles. The molecule has 1 saturated carbocycles. The van der Waals surface area contributed by atoms with E-state index in [1.165, 1.54) is 0 Å². The highest BCUT2D eigenvalue weighted by Gasteiger charge is 2.29. The first-order chi connectivity index (χ1) is 13.1. The summed E-state index contributed by atoms with van der Waals surface area (Å²) in [7, 11) is 0. The number of esters is 1. The van der Waals surface area contributed by atoms with Gasteiger partial charge in [0, 0.05) is 11.7 Å². The van der Waals surface area contributed by atoms with E-state index in [9.17, 15) is 9.59 Å². The Labute approximate surface area is 159 Å². The van der Waals surface area contributed by atoms with Crippen molar-refractivity contribution in [3.63, 3.8) is 0 Å². The van der Waals surface area contributed by atoms with Crippen LogP contribution in [0.3, 0.4) is 0 Å². The number of hydrogen-bond acceptors (Lipinski definition) is 4. The molecule has 0 unspecified atom stereocenters. The molecule has 27 heavy (non-hydrogen) atoms. The SMILES string of the molecule is CCc1[nH]ncc1C(=O)N[C@H]1CC[C@H](C(=O)O[C@@H](C)c2ccccc2)CC1. The number of H-pyrrole nitrogens is 1. The van der Waals surface area contributed by atoms with Crippen molar-refractivity contribution in [2.45, 2.75) is 58.1 Å². The quantitative estimate of drug-likeness (QED) is 0.763. The van der Waals surface area contributed by atoms with Crippen molar-refractivity contribution in [3.8, 4) is 0 Å². The van der Waals surface area contributed by atoms with Gasteiger partial charge in [0.1, 0.15) is 6.10 Å². The van der Waals surface area contributed by atoms with Crippen LogP contribution in [0.15, 0.2) is 36.5 Å². The van der Waals surface area contributed by atoms with E-state index in [2.05, 4.69) is 15.5 Å². The van der Waals surface area contributed by atoms with Gasteiger partial charge in [0.2, 0.25) is 0 Å². The maximum absolute atomic E-state index is 12.5. The maximum Gasteiger partial charge on any atom is 0.309 e. The lowest BCUT2D eigenvalue weighted by molar-refractivity contribution is -0.154. The monoisotopic (exact) mass is 369 g/mol. The number of aromatic amines is 1. The Balaban J connectivity index is 1.47. The van der Waals surface area contributed by atoms with Crippen molar-refractivity contribution in [2.75, 3.05) is 0 Å². The van der Waals surface area contributed by atoms with Crippen molar-refractivity contribution in [2.24, 2.45) is 5.92 Å². The lowest BCUT2D eigenvalue weighted by atomic mass is 9.86. The summed E-state index contributed by atoms with van der Waals surface area (Å²) < 4.78 is 5.64. The van der Waals surface area contributed by atoms with Gasteiger partial charge in [0.15, 0.2) is 0 Å². The Morgan fingerprint density at radius 3 is 2.59 bits per heavy atom. The van der Waals surface area contributed by atoms with Crippen LogP contribution in [-0.2, 0) is 16.0 Å². The molecule has 1 aromatic heterocycles. The molecule has 6 nitrogen and oxygen atoms in total. The van der Waals surface area contributed by atoms with E-state index in [4.69, 9.17) is 4.74 Å². The number of amides is 1. The molecule has 144 valence electrons. The number of ether oxygens (including phenoxy) is 1. The van der Waals surface area contributed by atoms with Crippen LogP contribution in [-0.4, -0.2) is 28.1 Å². The second-order valence-electron chi connectivity index (χ2n) is 7.13. The molecule has 6 heteroatoms. The number of aryl methyl sites for hydroxylation is 1. The highest BCUT2D eigenvalue weighted by molar-refractivity contribution is 5.95. The Bertz CT molecular complexity index is 764. The van der Waals surface area contributed by atoms with E-state index in [1.54, 1.807) is 6.20 Å². The van der Waals surface area contributed by atoms with Gasteiger partial charge in [-0.3, -0.25) is 14.7 Å². The summed E-state index contributed by atoms with van der Waals surface area (Å²) in [5.41, 5.74) is 2.45. The van der Waals surface area contributed by atoms with E-state index < -0.39 is 0 Å². The average Bonchev–Trinajstić information content (AvgIpc) is 3.18. The fraction of sp³-hybridized carbons (Fsp3) is 0.476. The molecular formula is C21H27N3O3. The number of nitrogens with zero attached hydrogens (tertiary/aromatic N) is 1. The molecule has 1 fully saturated rings. The molecule has 0 spiro atoms. The molecule has 0 saturated heterocycles. The van der Waals surface area contributed by atoms with Gasteiger partial charge in [0.25, 0.3) is 5.91 Å². The number of carbonyl (C=O) groups excluding carboxylic acids is 2. The zero-order valence-corrected chi connectivity index (χ0v) is 15.9. The van der Waals surface area contributed by atoms with Crippen LogP contribution in [0.2, 0.25) is 0 Å². The standard InChI is InChI=1S/C21H27N3O3/c1-3-19-18(13-22-24-19)20(25)23-17-11-9-16(10-12-17)21(26)27-14(2)15-7-5-4-6-8-15/h4-8,13-14,16-17H,3,9-12H2,1-2H3,(H,22,24)(H,23,25)/t14-,16-,17-/m0/s1. The first-order valence-corrected chi connectivity index (χ1v) is 9.67. The first-order valence-electron chi connectivity index (χ1n) is 9.67. The van der Waals surface area contributed by atoms with Crippen molar-refractivity contribution < 1.29 is 14.3 Å². The Morgan fingerprint density at radius 1 is 1.22 bits per heavy atom. The second kappa shape index (κ2) is 8.84. The molecule has 1 atom stereocenters. The Hall–Kier alpha value is -2.63. The third-order valence-electron chi connectivity index (χ3n) is 5.27. The predicted octanol–water partition coefficient (Wildman–Crippen LogP) is 3.57. The minimum atomic E-state index is -0.246. The molecule has 1 aliphatic carbocycles. The van der Waals surface area contributed by atoms with E-state index >= 15 is 0 Å². The Kier molecular flexibility index (Phi) is 6.27. The van der Waals surface area contributed by atoms with Crippen molar-refractivity contribution in [1.82, 2.24) is 15.5 Å². The van der Waals surface area contributed by atoms with Gasteiger partial charge in [-0.05, 0) is 44.6 Å². The molecule has 2 N–H and O–H groups in total. The van der Waals surface area contributed by atoms with Crippen molar-refractivity contribution >= 4 is 11.9 Å². The van der Waals surface area contributed by atoms with Crippen LogP contribution in [0.25, 0.3) is 0 Å². The molecular weight excluding hydrogens is 342 g/mol. The number of benzene rings is 1. The minimum absolute atomic E-state index is 0.0905. The topological polar surface area (TPSA) is 84.1 Å². The zero-order chi connectivity index (χ0) is 19.2. The fourth-order valence-electron chi connectivity index (χ4n) is 3.58. The molecule has 2 aromatic rings. The van der Waals surface area contributed by atoms with Gasteiger partial charge >= 0.3 is 5.97 Å². The predicted molar refractivity (Wildman–Crippen MR) is 102 cm³/mol. The van der Waals surface area contributed by atoms with E-state index in [-0.39, 0.29) is 29.9 Å². The number of rotatable bonds is 6. The van der Waals surface area contributed by atoms with Crippen LogP contribution >= 0.6 is 0 Å². The maximum atomic E-state index is 12.5. The highest BCUT2D eigenvalue weighted by Crippen LogP contribution is 2.28. The summed E-state index contributed by atoms with van der Waals surface area (Å²) >= 11 is 0. The largest absolute Gasteiger partial charge is 0.458 e. The number of aromatic nitrogens is 2. The van der Waals surface area contributed by atoms with E-state index in [0.29, 0.717) is 5.56 Å². The van der Waals surface area contributed by atoms with Crippen LogP contribution in [0.1, 0.15) is 67.3 Å². The lowest BCUT2D eigenvalue weighted by Crippen LogP contribution is -2.39.